The molecule has 3 atom stereocenters. The predicted molar refractivity (Wildman–Crippen MR) is 62.1 cm³/mol. The first kappa shape index (κ1) is 11.4. The van der Waals surface area contributed by atoms with Crippen molar-refractivity contribution in [3.8, 4) is 0 Å². The number of nitrogens with one attached hydrogen (secondary N) is 1. The quantitative estimate of drug-likeness (QED) is 0.708. The molecule has 1 N–H and O–H groups in total. The molecule has 3 nitrogen and oxygen atoms in total. The number of nitrogens with zero attached hydrogens (tertiary/aromatic N) is 1. The van der Waals surface area contributed by atoms with Crippen LogP contribution < -0.4 is 5.32 Å². The number of hydrogen-bond donors (Lipinski definition) is 1. The molecule has 2 saturated heterocycles. The second kappa shape index (κ2) is 5.28. The first-order valence-corrected chi connectivity index (χ1v) is 6.34. The minimum absolute atomic E-state index is 0.454. The summed E-state index contributed by atoms with van der Waals surface area (Å²) in [4.78, 5) is 2.67. The van der Waals surface area contributed by atoms with Crippen molar-refractivity contribution in [1.29, 1.82) is 0 Å². The number of rotatable bonds is 1. The highest BCUT2D eigenvalue weighted by atomic mass is 16.5. The zero-order valence-electron chi connectivity index (χ0n) is 10.0. The lowest BCUT2D eigenvalue weighted by atomic mass is 10.0. The molecule has 0 aliphatic carbocycles. The van der Waals surface area contributed by atoms with Crippen LogP contribution in [0.2, 0.25) is 0 Å². The molecule has 15 heavy (non-hydrogen) atoms. The summed E-state index contributed by atoms with van der Waals surface area (Å²) < 4.78 is 5.61. The molecule has 88 valence electrons. The zero-order valence-corrected chi connectivity index (χ0v) is 10.0. The van der Waals surface area contributed by atoms with Gasteiger partial charge in [0, 0.05) is 25.2 Å². The molecule has 0 spiro atoms. The average Bonchev–Trinajstić information content (AvgIpc) is 2.43. The highest BCUT2D eigenvalue weighted by Crippen LogP contribution is 2.20. The first-order chi connectivity index (χ1) is 7.25. The van der Waals surface area contributed by atoms with E-state index < -0.39 is 0 Å². The summed E-state index contributed by atoms with van der Waals surface area (Å²) in [5, 5.41) is 3.55. The van der Waals surface area contributed by atoms with E-state index >= 15 is 0 Å². The van der Waals surface area contributed by atoms with Crippen molar-refractivity contribution in [3.63, 3.8) is 0 Å². The standard InChI is InChI=1S/C12H24N2O/c1-10-9-14(6-3-5-13-10)12-4-7-15-11(2)8-12/h10-13H,3-9H2,1-2H3. The van der Waals surface area contributed by atoms with Gasteiger partial charge in [0.05, 0.1) is 6.10 Å². The van der Waals surface area contributed by atoms with Gasteiger partial charge in [0.2, 0.25) is 0 Å². The molecule has 0 amide bonds. The molecule has 2 rings (SSSR count). The van der Waals surface area contributed by atoms with Crippen LogP contribution in [0.1, 0.15) is 33.1 Å². The van der Waals surface area contributed by atoms with Crippen molar-refractivity contribution in [2.75, 3.05) is 26.2 Å². The Morgan fingerprint density at radius 3 is 3.00 bits per heavy atom. The molecular formula is C12H24N2O. The maximum Gasteiger partial charge on any atom is 0.0561 e. The van der Waals surface area contributed by atoms with E-state index in [1.165, 1.54) is 38.9 Å². The molecule has 0 aromatic heterocycles. The number of hydrogen-bond acceptors (Lipinski definition) is 3. The van der Waals surface area contributed by atoms with Crippen molar-refractivity contribution in [1.82, 2.24) is 10.2 Å². The summed E-state index contributed by atoms with van der Waals surface area (Å²) in [6.45, 7) is 9.08. The Bertz CT molecular complexity index is 198. The van der Waals surface area contributed by atoms with Gasteiger partial charge in [-0.15, -0.1) is 0 Å². The van der Waals surface area contributed by atoms with Crippen LogP contribution in [0.15, 0.2) is 0 Å². The van der Waals surface area contributed by atoms with Crippen LogP contribution in [0.5, 0.6) is 0 Å². The van der Waals surface area contributed by atoms with Crippen LogP contribution >= 0.6 is 0 Å². The third kappa shape index (κ3) is 3.16. The number of ether oxygens (including phenoxy) is 1. The topological polar surface area (TPSA) is 24.5 Å². The Morgan fingerprint density at radius 1 is 1.33 bits per heavy atom. The normalized spacial score (nSPS) is 40.0. The van der Waals surface area contributed by atoms with E-state index in [2.05, 4.69) is 24.1 Å². The smallest absolute Gasteiger partial charge is 0.0561 e. The Labute approximate surface area is 93.2 Å². The van der Waals surface area contributed by atoms with Crippen LogP contribution in [0.3, 0.4) is 0 Å². The minimum atomic E-state index is 0.454. The van der Waals surface area contributed by atoms with Gasteiger partial charge < -0.3 is 10.1 Å². The van der Waals surface area contributed by atoms with Gasteiger partial charge in [-0.25, -0.2) is 0 Å². The molecular weight excluding hydrogens is 188 g/mol. The third-order valence-corrected chi connectivity index (χ3v) is 3.60. The molecule has 2 heterocycles. The fourth-order valence-electron chi connectivity index (χ4n) is 2.78. The van der Waals surface area contributed by atoms with Crippen LogP contribution in [-0.4, -0.2) is 49.3 Å². The average molecular weight is 212 g/mol. The van der Waals surface area contributed by atoms with Crippen molar-refractivity contribution < 1.29 is 4.74 Å². The molecule has 0 aromatic rings. The zero-order chi connectivity index (χ0) is 10.7. The molecule has 3 heteroatoms. The molecule has 2 aliphatic rings. The lowest BCUT2D eigenvalue weighted by Gasteiger charge is -2.36. The van der Waals surface area contributed by atoms with E-state index in [-0.39, 0.29) is 0 Å². The van der Waals surface area contributed by atoms with Gasteiger partial charge in [-0.2, -0.15) is 0 Å². The second-order valence-electron chi connectivity index (χ2n) is 5.06. The fourth-order valence-corrected chi connectivity index (χ4v) is 2.78. The lowest BCUT2D eigenvalue weighted by Crippen LogP contribution is -2.45. The monoisotopic (exact) mass is 212 g/mol. The van der Waals surface area contributed by atoms with Gasteiger partial charge in [-0.3, -0.25) is 4.90 Å². The van der Waals surface area contributed by atoms with Crippen LogP contribution in [-0.2, 0) is 4.74 Å². The predicted octanol–water partition coefficient (Wildman–Crippen LogP) is 1.24. The van der Waals surface area contributed by atoms with Gasteiger partial charge in [0.1, 0.15) is 0 Å². The Hall–Kier alpha value is -0.120. The van der Waals surface area contributed by atoms with E-state index in [1.54, 1.807) is 0 Å². The van der Waals surface area contributed by atoms with Gasteiger partial charge >= 0.3 is 0 Å². The fraction of sp³-hybridized carbons (Fsp3) is 1.00. The molecule has 3 unspecified atom stereocenters. The van der Waals surface area contributed by atoms with Crippen molar-refractivity contribution >= 4 is 0 Å². The first-order valence-electron chi connectivity index (χ1n) is 6.34. The van der Waals surface area contributed by atoms with Crippen molar-refractivity contribution in [2.45, 2.75) is 51.3 Å². The van der Waals surface area contributed by atoms with Crippen molar-refractivity contribution in [2.24, 2.45) is 0 Å². The third-order valence-electron chi connectivity index (χ3n) is 3.60. The lowest BCUT2D eigenvalue weighted by molar-refractivity contribution is -0.0173. The van der Waals surface area contributed by atoms with Gasteiger partial charge in [-0.1, -0.05) is 0 Å². The maximum atomic E-state index is 5.61. The van der Waals surface area contributed by atoms with E-state index in [1.807, 2.05) is 0 Å². The van der Waals surface area contributed by atoms with Gasteiger partial charge in [0.15, 0.2) is 0 Å². The summed E-state index contributed by atoms with van der Waals surface area (Å²) in [5.41, 5.74) is 0. The van der Waals surface area contributed by atoms with E-state index in [9.17, 15) is 0 Å². The van der Waals surface area contributed by atoms with Crippen LogP contribution in [0.25, 0.3) is 0 Å². The molecule has 2 fully saturated rings. The Morgan fingerprint density at radius 2 is 2.20 bits per heavy atom. The van der Waals surface area contributed by atoms with E-state index in [4.69, 9.17) is 4.74 Å². The van der Waals surface area contributed by atoms with E-state index in [0.29, 0.717) is 12.1 Å². The molecule has 0 bridgehead atoms. The molecule has 2 aliphatic heterocycles. The summed E-state index contributed by atoms with van der Waals surface area (Å²) in [6, 6.07) is 1.40. The molecule has 0 saturated carbocycles. The Kier molecular flexibility index (Phi) is 4.00. The van der Waals surface area contributed by atoms with Crippen molar-refractivity contribution in [3.05, 3.63) is 0 Å². The largest absolute Gasteiger partial charge is 0.378 e. The SMILES string of the molecule is CC1CN(C2CCOC(C)C2)CCCN1. The second-order valence-corrected chi connectivity index (χ2v) is 5.06. The van der Waals surface area contributed by atoms with E-state index in [0.717, 1.165) is 12.6 Å². The summed E-state index contributed by atoms with van der Waals surface area (Å²) in [5.74, 6) is 0. The Balaban J connectivity index is 1.89. The van der Waals surface area contributed by atoms with Gasteiger partial charge in [-0.05, 0) is 46.2 Å². The van der Waals surface area contributed by atoms with Gasteiger partial charge in [0.25, 0.3) is 0 Å². The van der Waals surface area contributed by atoms with Crippen LogP contribution in [0, 0.1) is 0 Å². The minimum Gasteiger partial charge on any atom is -0.378 e. The molecule has 0 radical (unpaired) electrons. The maximum absolute atomic E-state index is 5.61. The van der Waals surface area contributed by atoms with Crippen LogP contribution in [0.4, 0.5) is 0 Å². The highest BCUT2D eigenvalue weighted by molar-refractivity contribution is 4.82. The summed E-state index contributed by atoms with van der Waals surface area (Å²) >= 11 is 0. The molecule has 0 aromatic carbocycles. The summed E-state index contributed by atoms with van der Waals surface area (Å²) in [6.07, 6.45) is 4.18. The summed E-state index contributed by atoms with van der Waals surface area (Å²) in [7, 11) is 0. The highest BCUT2D eigenvalue weighted by Gasteiger charge is 2.26.